The number of likely N-dealkylation sites (N-methyl/N-ethyl adjacent to an activating group) is 1. The predicted molar refractivity (Wildman–Crippen MR) is 52.1 cm³/mol. The van der Waals surface area contributed by atoms with E-state index in [1.807, 2.05) is 6.92 Å². The molecule has 1 unspecified atom stereocenters. The number of carbonyl (C=O) groups is 1. The van der Waals surface area contributed by atoms with E-state index in [0.717, 1.165) is 5.56 Å². The van der Waals surface area contributed by atoms with Gasteiger partial charge in [-0.25, -0.2) is 4.39 Å². The Balaban J connectivity index is 3.15. The van der Waals surface area contributed by atoms with Crippen molar-refractivity contribution in [1.29, 1.82) is 0 Å². The topological polar surface area (TPSA) is 55.1 Å². The van der Waals surface area contributed by atoms with Crippen LogP contribution in [-0.2, 0) is 4.79 Å². The highest BCUT2D eigenvalue weighted by molar-refractivity contribution is 5.81. The quantitative estimate of drug-likeness (QED) is 0.754. The lowest BCUT2D eigenvalue weighted by Crippen LogP contribution is -2.31. The van der Waals surface area contributed by atoms with E-state index in [9.17, 15) is 9.18 Å². The first-order valence-electron chi connectivity index (χ1n) is 4.29. The third-order valence-electron chi connectivity index (χ3n) is 2.04. The Morgan fingerprint density at radius 2 is 2.21 bits per heavy atom. The molecule has 76 valence electrons. The van der Waals surface area contributed by atoms with Crippen LogP contribution in [0, 0.1) is 12.7 Å². The van der Waals surface area contributed by atoms with Gasteiger partial charge in [-0.1, -0.05) is 17.7 Å². The minimum Gasteiger partial charge on any atom is -0.368 e. The SMILES string of the molecule is CNC(C(N)=O)c1cc(C)ccc1F. The third kappa shape index (κ3) is 2.09. The second kappa shape index (κ2) is 4.19. The molecule has 3 N–H and O–H groups in total. The van der Waals surface area contributed by atoms with Gasteiger partial charge >= 0.3 is 0 Å². The summed E-state index contributed by atoms with van der Waals surface area (Å²) in [5, 5.41) is 2.67. The van der Waals surface area contributed by atoms with Crippen molar-refractivity contribution in [3.63, 3.8) is 0 Å². The van der Waals surface area contributed by atoms with Crippen molar-refractivity contribution in [2.45, 2.75) is 13.0 Å². The van der Waals surface area contributed by atoms with Gasteiger partial charge in [-0.3, -0.25) is 4.79 Å². The summed E-state index contributed by atoms with van der Waals surface area (Å²) in [6, 6.07) is 3.82. The van der Waals surface area contributed by atoms with Crippen LogP contribution in [0.25, 0.3) is 0 Å². The van der Waals surface area contributed by atoms with Gasteiger partial charge in [0, 0.05) is 5.56 Å². The fraction of sp³-hybridized carbons (Fsp3) is 0.300. The summed E-state index contributed by atoms with van der Waals surface area (Å²) < 4.78 is 13.3. The zero-order valence-corrected chi connectivity index (χ0v) is 8.17. The van der Waals surface area contributed by atoms with Gasteiger partial charge in [-0.15, -0.1) is 0 Å². The van der Waals surface area contributed by atoms with Crippen LogP contribution in [0.1, 0.15) is 17.2 Å². The van der Waals surface area contributed by atoms with E-state index in [1.54, 1.807) is 19.2 Å². The average Bonchev–Trinajstić information content (AvgIpc) is 2.11. The first-order valence-corrected chi connectivity index (χ1v) is 4.29. The normalized spacial score (nSPS) is 12.5. The molecule has 1 amide bonds. The van der Waals surface area contributed by atoms with Crippen LogP contribution in [-0.4, -0.2) is 13.0 Å². The third-order valence-corrected chi connectivity index (χ3v) is 2.04. The predicted octanol–water partition coefficient (Wildman–Crippen LogP) is 0.880. The summed E-state index contributed by atoms with van der Waals surface area (Å²) in [6.07, 6.45) is 0. The van der Waals surface area contributed by atoms with E-state index in [-0.39, 0.29) is 0 Å². The lowest BCUT2D eigenvalue weighted by molar-refractivity contribution is -0.120. The largest absolute Gasteiger partial charge is 0.368 e. The van der Waals surface area contributed by atoms with Crippen LogP contribution in [0.5, 0.6) is 0 Å². The Hall–Kier alpha value is -1.42. The Bertz CT molecular complexity index is 352. The molecule has 1 rings (SSSR count). The minimum absolute atomic E-state index is 0.292. The fourth-order valence-corrected chi connectivity index (χ4v) is 1.34. The molecule has 1 aromatic rings. The number of benzene rings is 1. The van der Waals surface area contributed by atoms with E-state index in [1.165, 1.54) is 6.07 Å². The maximum atomic E-state index is 13.3. The molecule has 1 aromatic carbocycles. The molecule has 0 aromatic heterocycles. The molecule has 0 aliphatic rings. The van der Waals surface area contributed by atoms with Crippen molar-refractivity contribution >= 4 is 5.91 Å². The van der Waals surface area contributed by atoms with Crippen LogP contribution < -0.4 is 11.1 Å². The lowest BCUT2D eigenvalue weighted by atomic mass is 10.0. The van der Waals surface area contributed by atoms with Crippen LogP contribution in [0.15, 0.2) is 18.2 Å². The van der Waals surface area contributed by atoms with Crippen molar-refractivity contribution in [1.82, 2.24) is 5.32 Å². The number of rotatable bonds is 3. The maximum absolute atomic E-state index is 13.3. The molecule has 0 aliphatic heterocycles. The van der Waals surface area contributed by atoms with Crippen molar-refractivity contribution in [2.24, 2.45) is 5.73 Å². The van der Waals surface area contributed by atoms with Crippen LogP contribution in [0.4, 0.5) is 4.39 Å². The summed E-state index contributed by atoms with van der Waals surface area (Å²) in [7, 11) is 1.57. The molecule has 0 aliphatic carbocycles. The molecule has 0 bridgehead atoms. The van der Waals surface area contributed by atoms with Gasteiger partial charge in [-0.05, 0) is 20.0 Å². The van der Waals surface area contributed by atoms with Gasteiger partial charge in [0.2, 0.25) is 5.91 Å². The maximum Gasteiger partial charge on any atom is 0.239 e. The highest BCUT2D eigenvalue weighted by Crippen LogP contribution is 2.17. The van der Waals surface area contributed by atoms with Gasteiger partial charge in [-0.2, -0.15) is 0 Å². The average molecular weight is 196 g/mol. The Kier molecular flexibility index (Phi) is 3.19. The monoisotopic (exact) mass is 196 g/mol. The molecular weight excluding hydrogens is 183 g/mol. The molecule has 1 atom stereocenters. The minimum atomic E-state index is -0.769. The smallest absolute Gasteiger partial charge is 0.239 e. The van der Waals surface area contributed by atoms with E-state index < -0.39 is 17.8 Å². The van der Waals surface area contributed by atoms with E-state index >= 15 is 0 Å². The Labute approximate surface area is 82.1 Å². The molecule has 0 radical (unpaired) electrons. The molecule has 14 heavy (non-hydrogen) atoms. The second-order valence-corrected chi connectivity index (χ2v) is 3.15. The molecule has 0 spiro atoms. The highest BCUT2D eigenvalue weighted by Gasteiger charge is 2.18. The van der Waals surface area contributed by atoms with Crippen molar-refractivity contribution in [3.8, 4) is 0 Å². The van der Waals surface area contributed by atoms with Crippen molar-refractivity contribution in [2.75, 3.05) is 7.05 Å². The number of aryl methyl sites for hydroxylation is 1. The summed E-state index contributed by atoms with van der Waals surface area (Å²) in [5.74, 6) is -1.01. The summed E-state index contributed by atoms with van der Waals surface area (Å²) in [4.78, 5) is 11.0. The molecule has 4 heteroatoms. The molecule has 0 fully saturated rings. The summed E-state index contributed by atoms with van der Waals surface area (Å²) in [5.41, 5.74) is 6.31. The molecule has 3 nitrogen and oxygen atoms in total. The second-order valence-electron chi connectivity index (χ2n) is 3.15. The number of hydrogen-bond donors (Lipinski definition) is 2. The highest BCUT2D eigenvalue weighted by atomic mass is 19.1. The molecule has 0 saturated carbocycles. The summed E-state index contributed by atoms with van der Waals surface area (Å²) in [6.45, 7) is 1.83. The van der Waals surface area contributed by atoms with Gasteiger partial charge in [0.15, 0.2) is 0 Å². The van der Waals surface area contributed by atoms with Gasteiger partial charge < -0.3 is 11.1 Å². The first-order chi connectivity index (χ1) is 6.56. The standard InChI is InChI=1S/C10H13FN2O/c1-6-3-4-8(11)7(5-6)9(13-2)10(12)14/h3-5,9,13H,1-2H3,(H2,12,14). The molecular formula is C10H13FN2O. The number of primary amides is 1. The Morgan fingerprint density at radius 1 is 1.57 bits per heavy atom. The number of hydrogen-bond acceptors (Lipinski definition) is 2. The van der Waals surface area contributed by atoms with Crippen LogP contribution >= 0.6 is 0 Å². The number of nitrogens with two attached hydrogens (primary N) is 1. The summed E-state index contributed by atoms with van der Waals surface area (Å²) >= 11 is 0. The van der Waals surface area contributed by atoms with Gasteiger partial charge in [0.25, 0.3) is 0 Å². The fourth-order valence-electron chi connectivity index (χ4n) is 1.34. The number of halogens is 1. The van der Waals surface area contributed by atoms with E-state index in [4.69, 9.17) is 5.73 Å². The lowest BCUT2D eigenvalue weighted by Gasteiger charge is -2.13. The molecule has 0 heterocycles. The van der Waals surface area contributed by atoms with Gasteiger partial charge in [0.1, 0.15) is 11.9 Å². The Morgan fingerprint density at radius 3 is 2.71 bits per heavy atom. The van der Waals surface area contributed by atoms with Crippen LogP contribution in [0.2, 0.25) is 0 Å². The van der Waals surface area contributed by atoms with Crippen LogP contribution in [0.3, 0.4) is 0 Å². The number of carbonyl (C=O) groups excluding carboxylic acids is 1. The van der Waals surface area contributed by atoms with Crippen molar-refractivity contribution in [3.05, 3.63) is 35.1 Å². The zero-order chi connectivity index (χ0) is 10.7. The van der Waals surface area contributed by atoms with Crippen molar-refractivity contribution < 1.29 is 9.18 Å². The zero-order valence-electron chi connectivity index (χ0n) is 8.17. The first kappa shape index (κ1) is 10.7. The van der Waals surface area contributed by atoms with Gasteiger partial charge in [0.05, 0.1) is 0 Å². The van der Waals surface area contributed by atoms with E-state index in [2.05, 4.69) is 5.32 Å². The molecule has 0 saturated heterocycles. The van der Waals surface area contributed by atoms with E-state index in [0.29, 0.717) is 5.56 Å². The number of nitrogens with one attached hydrogen (secondary N) is 1. The number of amides is 1.